The minimum atomic E-state index is -0.572. The summed E-state index contributed by atoms with van der Waals surface area (Å²) in [4.78, 5) is 24.8. The molecule has 7 nitrogen and oxygen atoms in total. The Bertz CT molecular complexity index is 362. The van der Waals surface area contributed by atoms with Gasteiger partial charge in [-0.15, -0.1) is 0 Å². The summed E-state index contributed by atoms with van der Waals surface area (Å²) in [6, 6.07) is 0. The van der Waals surface area contributed by atoms with Gasteiger partial charge >= 0.3 is 0 Å². The number of amides is 2. The maximum absolute atomic E-state index is 12.2. The summed E-state index contributed by atoms with van der Waals surface area (Å²) in [6.07, 6.45) is 2.40. The van der Waals surface area contributed by atoms with Crippen LogP contribution in [0.15, 0.2) is 5.16 Å². The SMILES string of the molecule is CCC(C(=O)N1CCC(CC(N)=O)CC1)C(N)=NO. The van der Waals surface area contributed by atoms with Crippen molar-refractivity contribution in [3.63, 3.8) is 0 Å². The summed E-state index contributed by atoms with van der Waals surface area (Å²) >= 11 is 0. The number of primary amides is 1. The molecule has 0 aromatic carbocycles. The predicted molar refractivity (Wildman–Crippen MR) is 70.3 cm³/mol. The van der Waals surface area contributed by atoms with Crippen LogP contribution in [0.3, 0.4) is 0 Å². The second-order valence-corrected chi connectivity index (χ2v) is 4.92. The molecule has 0 aromatic heterocycles. The molecule has 1 unspecified atom stereocenters. The highest BCUT2D eigenvalue weighted by atomic mass is 16.4. The first kappa shape index (κ1) is 15.3. The van der Waals surface area contributed by atoms with Crippen LogP contribution in [0.1, 0.15) is 32.6 Å². The van der Waals surface area contributed by atoms with Gasteiger partial charge in [0.25, 0.3) is 0 Å². The first-order chi connectivity index (χ1) is 8.99. The fourth-order valence-electron chi connectivity index (χ4n) is 2.44. The number of likely N-dealkylation sites (tertiary alicyclic amines) is 1. The fourth-order valence-corrected chi connectivity index (χ4v) is 2.44. The highest BCUT2D eigenvalue weighted by Gasteiger charge is 2.30. The molecule has 1 rings (SSSR count). The average molecular weight is 270 g/mol. The molecular weight excluding hydrogens is 248 g/mol. The van der Waals surface area contributed by atoms with Gasteiger partial charge in [0.2, 0.25) is 11.8 Å². The van der Waals surface area contributed by atoms with E-state index < -0.39 is 5.92 Å². The number of carbonyl (C=O) groups is 2. The van der Waals surface area contributed by atoms with Crippen molar-refractivity contribution in [2.24, 2.45) is 28.5 Å². The van der Waals surface area contributed by atoms with Crippen LogP contribution in [-0.2, 0) is 9.59 Å². The minimum Gasteiger partial charge on any atom is -0.409 e. The van der Waals surface area contributed by atoms with Gasteiger partial charge in [0.1, 0.15) is 0 Å². The van der Waals surface area contributed by atoms with Crippen LogP contribution in [0, 0.1) is 11.8 Å². The van der Waals surface area contributed by atoms with E-state index in [9.17, 15) is 9.59 Å². The molecule has 0 bridgehead atoms. The van der Waals surface area contributed by atoms with Crippen molar-refractivity contribution in [1.29, 1.82) is 0 Å². The Morgan fingerprint density at radius 3 is 2.37 bits per heavy atom. The molecule has 1 heterocycles. The number of rotatable bonds is 5. The van der Waals surface area contributed by atoms with Gasteiger partial charge in [0.05, 0.1) is 5.92 Å². The highest BCUT2D eigenvalue weighted by Crippen LogP contribution is 2.22. The molecule has 1 aliphatic heterocycles. The molecule has 108 valence electrons. The molecule has 19 heavy (non-hydrogen) atoms. The Hall–Kier alpha value is -1.79. The molecule has 0 aliphatic carbocycles. The zero-order chi connectivity index (χ0) is 14.4. The lowest BCUT2D eigenvalue weighted by Crippen LogP contribution is -2.45. The number of hydrogen-bond acceptors (Lipinski definition) is 4. The van der Waals surface area contributed by atoms with Crippen molar-refractivity contribution in [1.82, 2.24) is 4.90 Å². The van der Waals surface area contributed by atoms with Gasteiger partial charge in [0, 0.05) is 19.5 Å². The molecule has 7 heteroatoms. The quantitative estimate of drug-likeness (QED) is 0.279. The molecule has 0 saturated carbocycles. The zero-order valence-electron chi connectivity index (χ0n) is 11.2. The third-order valence-corrected chi connectivity index (χ3v) is 3.59. The van der Waals surface area contributed by atoms with E-state index in [2.05, 4.69) is 5.16 Å². The van der Waals surface area contributed by atoms with E-state index >= 15 is 0 Å². The topological polar surface area (TPSA) is 122 Å². The van der Waals surface area contributed by atoms with Crippen molar-refractivity contribution in [3.8, 4) is 0 Å². The van der Waals surface area contributed by atoms with E-state index in [0.717, 1.165) is 12.8 Å². The van der Waals surface area contributed by atoms with Gasteiger partial charge in [-0.05, 0) is 25.2 Å². The summed E-state index contributed by atoms with van der Waals surface area (Å²) in [5.41, 5.74) is 10.7. The van der Waals surface area contributed by atoms with Gasteiger partial charge in [-0.3, -0.25) is 9.59 Å². The lowest BCUT2D eigenvalue weighted by Gasteiger charge is -2.33. The van der Waals surface area contributed by atoms with Crippen molar-refractivity contribution in [3.05, 3.63) is 0 Å². The third-order valence-electron chi connectivity index (χ3n) is 3.59. The summed E-state index contributed by atoms with van der Waals surface area (Å²) in [5, 5.41) is 11.6. The van der Waals surface area contributed by atoms with E-state index in [1.54, 1.807) is 4.90 Å². The van der Waals surface area contributed by atoms with Crippen LogP contribution < -0.4 is 11.5 Å². The standard InChI is InChI=1S/C12H22N4O3/c1-2-9(11(14)15-19)12(18)16-5-3-8(4-6-16)7-10(13)17/h8-9,19H,2-7H2,1H3,(H2,13,17)(H2,14,15). The molecule has 2 amide bonds. The normalized spacial score (nSPS) is 19.2. The van der Waals surface area contributed by atoms with Crippen LogP contribution >= 0.6 is 0 Å². The Morgan fingerprint density at radius 2 is 1.95 bits per heavy atom. The van der Waals surface area contributed by atoms with Crippen LogP contribution in [0.25, 0.3) is 0 Å². The fraction of sp³-hybridized carbons (Fsp3) is 0.750. The summed E-state index contributed by atoms with van der Waals surface area (Å²) < 4.78 is 0. The average Bonchev–Trinajstić information content (AvgIpc) is 2.39. The molecular formula is C12H22N4O3. The van der Waals surface area contributed by atoms with Crippen LogP contribution in [0.5, 0.6) is 0 Å². The van der Waals surface area contributed by atoms with Gasteiger partial charge in [0.15, 0.2) is 5.84 Å². The second-order valence-electron chi connectivity index (χ2n) is 4.92. The molecule has 0 aromatic rings. The Balaban J connectivity index is 2.54. The maximum atomic E-state index is 12.2. The molecule has 5 N–H and O–H groups in total. The summed E-state index contributed by atoms with van der Waals surface area (Å²) in [5.74, 6) is -0.780. The highest BCUT2D eigenvalue weighted by molar-refractivity contribution is 6.02. The van der Waals surface area contributed by atoms with Crippen molar-refractivity contribution < 1.29 is 14.8 Å². The van der Waals surface area contributed by atoms with Gasteiger partial charge < -0.3 is 21.6 Å². The molecule has 1 saturated heterocycles. The first-order valence-electron chi connectivity index (χ1n) is 6.54. The van der Waals surface area contributed by atoms with Crippen LogP contribution in [0.4, 0.5) is 0 Å². The minimum absolute atomic E-state index is 0.0493. The molecule has 0 spiro atoms. The maximum Gasteiger partial charge on any atom is 0.233 e. The number of oxime groups is 1. The number of hydrogen-bond donors (Lipinski definition) is 3. The van der Waals surface area contributed by atoms with Gasteiger partial charge in [-0.1, -0.05) is 12.1 Å². The van der Waals surface area contributed by atoms with Gasteiger partial charge in [-0.25, -0.2) is 0 Å². The van der Waals surface area contributed by atoms with E-state index in [-0.39, 0.29) is 23.6 Å². The lowest BCUT2D eigenvalue weighted by atomic mass is 9.92. The van der Waals surface area contributed by atoms with E-state index in [4.69, 9.17) is 16.7 Å². The Kier molecular flexibility index (Phi) is 5.59. The predicted octanol–water partition coefficient (Wildman–Crippen LogP) is -0.127. The smallest absolute Gasteiger partial charge is 0.233 e. The largest absolute Gasteiger partial charge is 0.409 e. The number of nitrogens with two attached hydrogens (primary N) is 2. The summed E-state index contributed by atoms with van der Waals surface area (Å²) in [6.45, 7) is 3.00. The molecule has 1 fully saturated rings. The van der Waals surface area contributed by atoms with Crippen LogP contribution in [-0.4, -0.2) is 40.8 Å². The second kappa shape index (κ2) is 6.96. The van der Waals surface area contributed by atoms with Crippen LogP contribution in [0.2, 0.25) is 0 Å². The van der Waals surface area contributed by atoms with E-state index in [1.165, 1.54) is 0 Å². The number of amidine groups is 1. The van der Waals surface area contributed by atoms with Crippen molar-refractivity contribution >= 4 is 17.6 Å². The monoisotopic (exact) mass is 270 g/mol. The third kappa shape index (κ3) is 4.11. The summed E-state index contributed by atoms with van der Waals surface area (Å²) in [7, 11) is 0. The first-order valence-corrected chi connectivity index (χ1v) is 6.54. The molecule has 1 atom stereocenters. The number of nitrogens with zero attached hydrogens (tertiary/aromatic N) is 2. The molecule has 0 radical (unpaired) electrons. The van der Waals surface area contributed by atoms with Gasteiger partial charge in [-0.2, -0.15) is 0 Å². The van der Waals surface area contributed by atoms with E-state index in [0.29, 0.717) is 25.9 Å². The Morgan fingerprint density at radius 1 is 1.37 bits per heavy atom. The van der Waals surface area contributed by atoms with Crippen molar-refractivity contribution in [2.45, 2.75) is 32.6 Å². The van der Waals surface area contributed by atoms with E-state index in [1.807, 2.05) is 6.92 Å². The number of carbonyl (C=O) groups excluding carboxylic acids is 2. The lowest BCUT2D eigenvalue weighted by molar-refractivity contribution is -0.135. The zero-order valence-corrected chi connectivity index (χ0v) is 11.2. The van der Waals surface area contributed by atoms with Crippen molar-refractivity contribution in [2.75, 3.05) is 13.1 Å². The number of piperidine rings is 1. The Labute approximate surface area is 112 Å². The molecule has 1 aliphatic rings.